The van der Waals surface area contributed by atoms with Gasteiger partial charge in [0.15, 0.2) is 0 Å². The number of halogens is 1. The number of hydrogen-bond donors (Lipinski definition) is 0. The quantitative estimate of drug-likeness (QED) is 0.781. The van der Waals surface area contributed by atoms with E-state index in [4.69, 9.17) is 0 Å². The van der Waals surface area contributed by atoms with Gasteiger partial charge in [-0.3, -0.25) is 0 Å². The molecule has 3 heteroatoms. The molecule has 1 aromatic rings. The summed E-state index contributed by atoms with van der Waals surface area (Å²) in [5.74, 6) is 1.13. The molecule has 2 nitrogen and oxygen atoms in total. The first-order chi connectivity index (χ1) is 7.77. The lowest BCUT2D eigenvalue weighted by Crippen LogP contribution is -2.57. The Kier molecular flexibility index (Phi) is 2.66. The van der Waals surface area contributed by atoms with Crippen molar-refractivity contribution >= 4 is 21.7 Å². The average molecular weight is 281 g/mol. The number of hydrogen-bond acceptors (Lipinski definition) is 2. The van der Waals surface area contributed by atoms with E-state index >= 15 is 0 Å². The van der Waals surface area contributed by atoms with Crippen LogP contribution < -0.4 is 4.90 Å². The van der Waals surface area contributed by atoms with Crippen molar-refractivity contribution < 1.29 is 0 Å². The maximum Gasteiger partial charge on any atom is 0.129 e. The molecular weight excluding hydrogens is 264 g/mol. The van der Waals surface area contributed by atoms with Gasteiger partial charge < -0.3 is 4.90 Å². The fourth-order valence-corrected chi connectivity index (χ4v) is 3.43. The van der Waals surface area contributed by atoms with E-state index in [1.54, 1.807) is 0 Å². The van der Waals surface area contributed by atoms with Crippen LogP contribution in [0.4, 0.5) is 5.82 Å². The lowest BCUT2D eigenvalue weighted by atomic mass is 9.69. The van der Waals surface area contributed by atoms with Gasteiger partial charge in [-0.25, -0.2) is 4.98 Å². The Morgan fingerprint density at radius 2 is 1.94 bits per heavy atom. The highest BCUT2D eigenvalue weighted by molar-refractivity contribution is 9.10. The van der Waals surface area contributed by atoms with E-state index in [0.29, 0.717) is 5.41 Å². The molecule has 1 saturated heterocycles. The van der Waals surface area contributed by atoms with Crippen LogP contribution in [0.15, 0.2) is 22.8 Å². The molecule has 2 aliphatic rings. The van der Waals surface area contributed by atoms with Crippen LogP contribution in [0.5, 0.6) is 0 Å². The van der Waals surface area contributed by atoms with Gasteiger partial charge in [-0.1, -0.05) is 35.2 Å². The second kappa shape index (κ2) is 4.02. The van der Waals surface area contributed by atoms with E-state index in [9.17, 15) is 0 Å². The van der Waals surface area contributed by atoms with Crippen LogP contribution in [0, 0.1) is 5.41 Å². The smallest absolute Gasteiger partial charge is 0.129 e. The molecule has 0 amide bonds. The van der Waals surface area contributed by atoms with Gasteiger partial charge in [0.1, 0.15) is 5.82 Å². The third-order valence-corrected chi connectivity index (χ3v) is 4.49. The Bertz CT molecular complexity index is 377. The molecule has 0 aromatic carbocycles. The number of pyridine rings is 1. The normalized spacial score (nSPS) is 23.2. The molecule has 0 N–H and O–H groups in total. The predicted octanol–water partition coefficient (Wildman–Crippen LogP) is 3.61. The highest BCUT2D eigenvalue weighted by Gasteiger charge is 2.43. The minimum absolute atomic E-state index is 0.641. The Hall–Kier alpha value is -0.570. The van der Waals surface area contributed by atoms with E-state index in [2.05, 4.69) is 31.9 Å². The first kappa shape index (κ1) is 10.6. The van der Waals surface area contributed by atoms with E-state index in [1.807, 2.05) is 12.3 Å². The fourth-order valence-electron chi connectivity index (χ4n) is 3.11. The molecule has 1 spiro atoms. The topological polar surface area (TPSA) is 16.1 Å². The monoisotopic (exact) mass is 280 g/mol. The Balaban J connectivity index is 1.68. The first-order valence-corrected chi connectivity index (χ1v) is 6.93. The van der Waals surface area contributed by atoms with Gasteiger partial charge in [0.2, 0.25) is 0 Å². The van der Waals surface area contributed by atoms with Crippen molar-refractivity contribution in [2.24, 2.45) is 5.41 Å². The summed E-state index contributed by atoms with van der Waals surface area (Å²) in [6.45, 7) is 2.44. The molecule has 1 aliphatic carbocycles. The zero-order valence-electron chi connectivity index (χ0n) is 9.45. The van der Waals surface area contributed by atoms with Gasteiger partial charge in [-0.15, -0.1) is 0 Å². The summed E-state index contributed by atoms with van der Waals surface area (Å²) < 4.78 is 1.13. The molecule has 16 heavy (non-hydrogen) atoms. The Morgan fingerprint density at radius 1 is 1.19 bits per heavy atom. The van der Waals surface area contributed by atoms with Gasteiger partial charge in [0, 0.05) is 29.2 Å². The predicted molar refractivity (Wildman–Crippen MR) is 69.7 cm³/mol. The van der Waals surface area contributed by atoms with Crippen LogP contribution in [0.1, 0.15) is 32.1 Å². The van der Waals surface area contributed by atoms with Crippen molar-refractivity contribution in [2.75, 3.05) is 18.0 Å². The lowest BCUT2D eigenvalue weighted by Gasteiger charge is -2.53. The SMILES string of the molecule is Brc1ccnc(N2CC3(CCCCC3)C2)c1. The molecule has 2 heterocycles. The maximum atomic E-state index is 4.44. The zero-order chi connectivity index (χ0) is 11.0. The summed E-state index contributed by atoms with van der Waals surface area (Å²) in [5.41, 5.74) is 0.641. The lowest BCUT2D eigenvalue weighted by molar-refractivity contribution is 0.138. The van der Waals surface area contributed by atoms with Crippen LogP contribution in [-0.4, -0.2) is 18.1 Å². The molecule has 0 unspecified atom stereocenters. The van der Waals surface area contributed by atoms with E-state index in [1.165, 1.54) is 45.2 Å². The van der Waals surface area contributed by atoms with Crippen LogP contribution in [0.2, 0.25) is 0 Å². The molecule has 0 atom stereocenters. The Morgan fingerprint density at radius 3 is 2.62 bits per heavy atom. The second-order valence-corrected chi connectivity index (χ2v) is 6.16. The van der Waals surface area contributed by atoms with Gasteiger partial charge in [-0.05, 0) is 25.0 Å². The van der Waals surface area contributed by atoms with Crippen molar-refractivity contribution in [3.63, 3.8) is 0 Å². The molecule has 3 rings (SSSR count). The highest BCUT2D eigenvalue weighted by Crippen LogP contribution is 2.45. The summed E-state index contributed by atoms with van der Waals surface area (Å²) in [6, 6.07) is 4.11. The largest absolute Gasteiger partial charge is 0.355 e. The second-order valence-electron chi connectivity index (χ2n) is 5.25. The fraction of sp³-hybridized carbons (Fsp3) is 0.615. The highest BCUT2D eigenvalue weighted by atomic mass is 79.9. The number of rotatable bonds is 1. The first-order valence-electron chi connectivity index (χ1n) is 6.14. The van der Waals surface area contributed by atoms with Crippen LogP contribution in [-0.2, 0) is 0 Å². The third-order valence-electron chi connectivity index (χ3n) is 4.00. The van der Waals surface area contributed by atoms with Crippen LogP contribution in [0.3, 0.4) is 0 Å². The molecule has 0 radical (unpaired) electrons. The zero-order valence-corrected chi connectivity index (χ0v) is 11.0. The van der Waals surface area contributed by atoms with Crippen molar-refractivity contribution in [1.29, 1.82) is 0 Å². The number of aromatic nitrogens is 1. The van der Waals surface area contributed by atoms with Crippen LogP contribution >= 0.6 is 15.9 Å². The van der Waals surface area contributed by atoms with Gasteiger partial charge in [0.25, 0.3) is 0 Å². The van der Waals surface area contributed by atoms with E-state index in [0.717, 1.165) is 10.3 Å². The van der Waals surface area contributed by atoms with Crippen molar-refractivity contribution in [1.82, 2.24) is 4.98 Å². The summed E-state index contributed by atoms with van der Waals surface area (Å²) in [4.78, 5) is 6.85. The van der Waals surface area contributed by atoms with Crippen molar-refractivity contribution in [3.05, 3.63) is 22.8 Å². The molecule has 1 aromatic heterocycles. The number of anilines is 1. The maximum absolute atomic E-state index is 4.44. The molecule has 1 saturated carbocycles. The Labute approximate surface area is 105 Å². The molecule has 1 aliphatic heterocycles. The van der Waals surface area contributed by atoms with E-state index < -0.39 is 0 Å². The molecular formula is C13H17BrN2. The minimum Gasteiger partial charge on any atom is -0.355 e. The van der Waals surface area contributed by atoms with Crippen LogP contribution in [0.25, 0.3) is 0 Å². The van der Waals surface area contributed by atoms with Gasteiger partial charge in [0.05, 0.1) is 0 Å². The molecule has 86 valence electrons. The summed E-state index contributed by atoms with van der Waals surface area (Å²) >= 11 is 3.50. The molecule has 0 bridgehead atoms. The summed E-state index contributed by atoms with van der Waals surface area (Å²) in [7, 11) is 0. The summed E-state index contributed by atoms with van der Waals surface area (Å²) in [6.07, 6.45) is 9.04. The summed E-state index contributed by atoms with van der Waals surface area (Å²) in [5, 5.41) is 0. The third kappa shape index (κ3) is 1.86. The van der Waals surface area contributed by atoms with Gasteiger partial charge >= 0.3 is 0 Å². The minimum atomic E-state index is 0.641. The van der Waals surface area contributed by atoms with Crippen molar-refractivity contribution in [3.8, 4) is 0 Å². The molecule has 2 fully saturated rings. The average Bonchev–Trinajstić information content (AvgIpc) is 2.27. The number of nitrogens with zero attached hydrogens (tertiary/aromatic N) is 2. The van der Waals surface area contributed by atoms with Crippen molar-refractivity contribution in [2.45, 2.75) is 32.1 Å². The van der Waals surface area contributed by atoms with Gasteiger partial charge in [-0.2, -0.15) is 0 Å². The van der Waals surface area contributed by atoms with E-state index in [-0.39, 0.29) is 0 Å². The standard InChI is InChI=1S/C13H17BrN2/c14-11-4-7-15-12(8-11)16-9-13(10-16)5-2-1-3-6-13/h4,7-8H,1-3,5-6,9-10H2.